The van der Waals surface area contributed by atoms with E-state index in [-0.39, 0.29) is 4.71 Å². The van der Waals surface area contributed by atoms with Crippen LogP contribution in [0, 0.1) is 0 Å². The Bertz CT molecular complexity index is 374. The molecule has 3 rings (SSSR count). The Morgan fingerprint density at radius 3 is 2.69 bits per heavy atom. The summed E-state index contributed by atoms with van der Waals surface area (Å²) in [7, 11) is 0. The average Bonchev–Trinajstić information content (AvgIpc) is 2.66. The Kier molecular flexibility index (Phi) is 3.07. The van der Waals surface area contributed by atoms with Gasteiger partial charge in [0.15, 0.2) is 0 Å². The van der Waals surface area contributed by atoms with Crippen molar-refractivity contribution < 1.29 is 0 Å². The first-order chi connectivity index (χ1) is 7.86. The molecule has 1 aliphatic carbocycles. The Morgan fingerprint density at radius 2 is 1.88 bits per heavy atom. The summed E-state index contributed by atoms with van der Waals surface area (Å²) >= 11 is 7.43. The molecule has 2 aliphatic rings. The first kappa shape index (κ1) is 10.8. The molecule has 1 heterocycles. The van der Waals surface area contributed by atoms with Gasteiger partial charge in [-0.2, -0.15) is 0 Å². The fourth-order valence-electron chi connectivity index (χ4n) is 2.78. The van der Waals surface area contributed by atoms with Crippen LogP contribution in [0.2, 0.25) is 0 Å². The maximum Gasteiger partial charge on any atom is 0.137 e. The minimum absolute atomic E-state index is 0.209. The van der Waals surface area contributed by atoms with Crippen LogP contribution in [0.15, 0.2) is 29.2 Å². The fraction of sp³-hybridized carbons (Fsp3) is 0.538. The molecule has 1 unspecified atom stereocenters. The van der Waals surface area contributed by atoms with E-state index in [1.165, 1.54) is 42.7 Å². The topological polar surface area (TPSA) is 3.24 Å². The summed E-state index contributed by atoms with van der Waals surface area (Å²) in [5.41, 5.74) is 1.37. The van der Waals surface area contributed by atoms with E-state index < -0.39 is 0 Å². The molecule has 85 valence electrons. The van der Waals surface area contributed by atoms with Gasteiger partial charge in [0, 0.05) is 10.9 Å². The first-order valence-corrected chi connectivity index (χ1v) is 7.41. The zero-order valence-electron chi connectivity index (χ0n) is 9.26. The van der Waals surface area contributed by atoms with Crippen molar-refractivity contribution in [2.75, 3.05) is 4.90 Å². The largest absolute Gasteiger partial charge is 0.346 e. The van der Waals surface area contributed by atoms with Crippen LogP contribution in [-0.4, -0.2) is 10.7 Å². The number of benzene rings is 1. The van der Waals surface area contributed by atoms with Gasteiger partial charge in [-0.3, -0.25) is 0 Å². The lowest BCUT2D eigenvalue weighted by Crippen LogP contribution is -2.38. The monoisotopic (exact) mass is 250 g/mol. The van der Waals surface area contributed by atoms with Crippen LogP contribution in [0.3, 0.4) is 0 Å². The van der Waals surface area contributed by atoms with Crippen molar-refractivity contribution in [3.05, 3.63) is 24.3 Å². The van der Waals surface area contributed by atoms with Crippen molar-refractivity contribution in [1.29, 1.82) is 0 Å². The maximum absolute atomic E-state index is 5.60. The zero-order valence-corrected chi connectivity index (χ0v) is 10.9. The fourth-order valence-corrected chi connectivity index (χ4v) is 4.44. The molecule has 0 bridgehead atoms. The summed E-state index contributed by atoms with van der Waals surface area (Å²) in [6.45, 7) is 0. The Hall–Kier alpha value is -0.280. The third-order valence-corrected chi connectivity index (χ3v) is 5.11. The van der Waals surface area contributed by atoms with Crippen LogP contribution in [0.25, 0.3) is 0 Å². The van der Waals surface area contributed by atoms with Gasteiger partial charge in [0.2, 0.25) is 0 Å². The highest BCUT2D eigenvalue weighted by molar-refractivity contribution is 8.11. The van der Waals surface area contributed by atoms with E-state index in [0.29, 0.717) is 6.04 Å². The summed E-state index contributed by atoms with van der Waals surface area (Å²) in [6.07, 6.45) is 6.79. The number of fused-ring (bicyclic) bond motifs is 1. The lowest BCUT2D eigenvalue weighted by atomic mass is 9.94. The zero-order chi connectivity index (χ0) is 11.0. The van der Waals surface area contributed by atoms with E-state index in [1.54, 1.807) is 0 Å². The predicted octanol–water partition coefficient (Wildman–Crippen LogP) is 4.41. The summed E-state index contributed by atoms with van der Waals surface area (Å²) in [5.74, 6) is 0. The molecule has 1 saturated carbocycles. The lowest BCUT2D eigenvalue weighted by Gasteiger charge is -2.35. The van der Waals surface area contributed by atoms with Crippen molar-refractivity contribution in [2.24, 2.45) is 0 Å². The van der Waals surface area contributed by atoms with E-state index in [0.717, 1.165) is 0 Å². The van der Waals surface area contributed by atoms with Gasteiger partial charge >= 0.3 is 0 Å². The molecule has 0 saturated heterocycles. The van der Waals surface area contributed by atoms with Crippen LogP contribution < -0.4 is 4.90 Å². The summed E-state index contributed by atoms with van der Waals surface area (Å²) < 4.78 is 0.209. The minimum Gasteiger partial charge on any atom is -0.346 e. The Morgan fingerprint density at radius 1 is 1.12 bits per heavy atom. The van der Waals surface area contributed by atoms with Gasteiger partial charge in [-0.05, 0) is 25.0 Å². The van der Waals surface area contributed by atoms with Crippen molar-refractivity contribution in [1.82, 2.24) is 0 Å². The quantitative estimate of drug-likeness (QED) is 0.726. The van der Waals surface area contributed by atoms with Gasteiger partial charge < -0.3 is 4.90 Å². The van der Waals surface area contributed by atoms with Crippen LogP contribution in [-0.2, 0) is 0 Å². The van der Waals surface area contributed by atoms with Gasteiger partial charge in [-0.1, -0.05) is 55.8 Å². The van der Waals surface area contributed by atoms with Crippen molar-refractivity contribution in [3.8, 4) is 0 Å². The van der Waals surface area contributed by atoms with Crippen LogP contribution in [0.4, 0.5) is 5.69 Å². The molecule has 0 aromatic heterocycles. The molecule has 3 heteroatoms. The number of hydrogen-bond acceptors (Lipinski definition) is 2. The van der Waals surface area contributed by atoms with Crippen molar-refractivity contribution >= 4 is 30.1 Å². The van der Waals surface area contributed by atoms with E-state index in [9.17, 15) is 0 Å². The molecule has 1 aromatic rings. The number of thioether (sulfide) groups is 1. The molecule has 0 amide bonds. The Balaban J connectivity index is 1.89. The molecule has 1 aromatic carbocycles. The molecule has 1 aliphatic heterocycles. The highest BCUT2D eigenvalue weighted by Gasteiger charge is 2.33. The van der Waals surface area contributed by atoms with Gasteiger partial charge in [0.25, 0.3) is 0 Å². The highest BCUT2D eigenvalue weighted by Crippen LogP contribution is 2.47. The van der Waals surface area contributed by atoms with E-state index >= 15 is 0 Å². The molecule has 0 N–H and O–H groups in total. The number of para-hydroxylation sites is 1. The standard InChI is InChI=1S/C13H16NS2/c15-13-14(10-6-2-1-3-7-10)11-8-4-5-9-12(11)16-13/h4-5,8-10,13H,1-3,6-7H2. The third kappa shape index (κ3) is 1.84. The van der Waals surface area contributed by atoms with Gasteiger partial charge in [-0.25, -0.2) is 0 Å². The molecule has 1 atom stereocenters. The molecule has 0 spiro atoms. The number of rotatable bonds is 1. The third-order valence-electron chi connectivity index (χ3n) is 3.57. The van der Waals surface area contributed by atoms with E-state index in [1.807, 2.05) is 11.8 Å². The van der Waals surface area contributed by atoms with Crippen LogP contribution >= 0.6 is 24.4 Å². The van der Waals surface area contributed by atoms with E-state index in [4.69, 9.17) is 12.6 Å². The highest BCUT2D eigenvalue weighted by atomic mass is 32.2. The SMILES string of the molecule is [S]C1Sc2ccccc2N1C1CCCCC1. The second kappa shape index (κ2) is 4.53. The second-order valence-electron chi connectivity index (χ2n) is 4.59. The summed E-state index contributed by atoms with van der Waals surface area (Å²) in [4.78, 5) is 3.85. The summed E-state index contributed by atoms with van der Waals surface area (Å²) in [6, 6.07) is 9.35. The van der Waals surface area contributed by atoms with Gasteiger partial charge in [0.1, 0.15) is 4.71 Å². The van der Waals surface area contributed by atoms with Crippen molar-refractivity contribution in [2.45, 2.75) is 47.7 Å². The number of anilines is 1. The smallest absolute Gasteiger partial charge is 0.137 e. The van der Waals surface area contributed by atoms with E-state index in [2.05, 4.69) is 29.2 Å². The average molecular weight is 250 g/mol. The number of nitrogens with zero attached hydrogens (tertiary/aromatic N) is 1. The number of hydrogen-bond donors (Lipinski definition) is 0. The molecule has 1 radical (unpaired) electrons. The predicted molar refractivity (Wildman–Crippen MR) is 73.0 cm³/mol. The van der Waals surface area contributed by atoms with Crippen LogP contribution in [0.5, 0.6) is 0 Å². The molecular weight excluding hydrogens is 234 g/mol. The Labute approximate surface area is 107 Å². The van der Waals surface area contributed by atoms with Crippen molar-refractivity contribution in [3.63, 3.8) is 0 Å². The summed E-state index contributed by atoms with van der Waals surface area (Å²) in [5, 5.41) is 0. The van der Waals surface area contributed by atoms with Crippen LogP contribution in [0.1, 0.15) is 32.1 Å². The maximum atomic E-state index is 5.60. The van der Waals surface area contributed by atoms with Gasteiger partial charge in [0.05, 0.1) is 5.69 Å². The lowest BCUT2D eigenvalue weighted by molar-refractivity contribution is 0.423. The first-order valence-electron chi connectivity index (χ1n) is 6.06. The second-order valence-corrected chi connectivity index (χ2v) is 6.46. The minimum atomic E-state index is 0.209. The molecule has 16 heavy (non-hydrogen) atoms. The molecular formula is C13H16NS2. The van der Waals surface area contributed by atoms with Gasteiger partial charge in [-0.15, -0.1) is 0 Å². The molecule has 1 fully saturated rings. The normalized spacial score (nSPS) is 25.8. The molecule has 1 nitrogen and oxygen atoms in total.